The lowest BCUT2D eigenvalue weighted by molar-refractivity contribution is -0.117. The van der Waals surface area contributed by atoms with E-state index in [1.807, 2.05) is 31.2 Å². The van der Waals surface area contributed by atoms with Gasteiger partial charge in [0.1, 0.15) is 5.01 Å². The molecule has 1 fully saturated rings. The number of nitrogens with one attached hydrogen (secondary N) is 1. The first kappa shape index (κ1) is 18.6. The predicted molar refractivity (Wildman–Crippen MR) is 110 cm³/mol. The molecule has 1 aliphatic heterocycles. The molecule has 0 saturated carbocycles. The number of carbonyl (C=O) groups is 2. The molecule has 0 spiro atoms. The molecule has 2 heterocycles. The van der Waals surface area contributed by atoms with Gasteiger partial charge in [0.25, 0.3) is 5.91 Å². The molecule has 28 heavy (non-hydrogen) atoms. The number of nitrogens with zero attached hydrogens (tertiary/aromatic N) is 3. The highest BCUT2D eigenvalue weighted by Gasteiger charge is 2.34. The summed E-state index contributed by atoms with van der Waals surface area (Å²) in [7, 11) is 0. The first-order chi connectivity index (χ1) is 13.5. The van der Waals surface area contributed by atoms with E-state index in [1.54, 1.807) is 29.2 Å². The number of carbonyl (C=O) groups excluding carboxylic acids is 2. The quantitative estimate of drug-likeness (QED) is 0.694. The maximum Gasteiger partial charge on any atom is 0.259 e. The molecule has 1 N–H and O–H groups in total. The van der Waals surface area contributed by atoms with Crippen LogP contribution < -0.4 is 10.2 Å². The number of hydrogen-bond acceptors (Lipinski definition) is 5. The Kier molecular flexibility index (Phi) is 5.11. The Morgan fingerprint density at radius 1 is 1.21 bits per heavy atom. The smallest absolute Gasteiger partial charge is 0.259 e. The molecule has 1 atom stereocenters. The van der Waals surface area contributed by atoms with Gasteiger partial charge >= 0.3 is 0 Å². The molecule has 1 aliphatic rings. The number of hydrogen-bond donors (Lipinski definition) is 1. The molecule has 2 aromatic carbocycles. The lowest BCUT2D eigenvalue weighted by atomic mass is 10.1. The second-order valence-electron chi connectivity index (χ2n) is 6.62. The fourth-order valence-corrected chi connectivity index (χ4v) is 4.23. The Labute approximate surface area is 171 Å². The minimum absolute atomic E-state index is 0.0449. The van der Waals surface area contributed by atoms with E-state index in [1.165, 1.54) is 11.3 Å². The summed E-state index contributed by atoms with van der Waals surface area (Å²) in [6.45, 7) is 2.55. The largest absolute Gasteiger partial charge is 0.312 e. The van der Waals surface area contributed by atoms with Crippen molar-refractivity contribution in [3.63, 3.8) is 0 Å². The van der Waals surface area contributed by atoms with Gasteiger partial charge in [-0.3, -0.25) is 14.9 Å². The highest BCUT2D eigenvalue weighted by Crippen LogP contribution is 2.34. The molecule has 1 unspecified atom stereocenters. The molecule has 8 heteroatoms. The van der Waals surface area contributed by atoms with Crippen LogP contribution in [0, 0.1) is 6.92 Å². The van der Waals surface area contributed by atoms with Crippen LogP contribution in [0.15, 0.2) is 48.5 Å². The highest BCUT2D eigenvalue weighted by atomic mass is 35.5. The molecule has 6 nitrogen and oxygen atoms in total. The minimum Gasteiger partial charge on any atom is -0.312 e. The van der Waals surface area contributed by atoms with Gasteiger partial charge in [-0.25, -0.2) is 0 Å². The number of benzene rings is 2. The van der Waals surface area contributed by atoms with Crippen molar-refractivity contribution in [3.8, 4) is 0 Å². The monoisotopic (exact) mass is 412 g/mol. The fraction of sp³-hybridized carbons (Fsp3) is 0.200. The van der Waals surface area contributed by atoms with Crippen LogP contribution in [0.25, 0.3) is 0 Å². The Morgan fingerprint density at radius 3 is 2.82 bits per heavy atom. The second kappa shape index (κ2) is 7.69. The fourth-order valence-electron chi connectivity index (χ4n) is 3.18. The lowest BCUT2D eigenvalue weighted by Gasteiger charge is -2.16. The van der Waals surface area contributed by atoms with Crippen LogP contribution in [0.5, 0.6) is 0 Å². The molecule has 2 amide bonds. The van der Waals surface area contributed by atoms with Crippen LogP contribution in [0.4, 0.5) is 10.8 Å². The summed E-state index contributed by atoms with van der Waals surface area (Å²) < 4.78 is 0. The zero-order valence-corrected chi connectivity index (χ0v) is 16.6. The van der Waals surface area contributed by atoms with E-state index in [4.69, 9.17) is 11.6 Å². The maximum atomic E-state index is 12.5. The number of rotatable bonds is 4. The third kappa shape index (κ3) is 3.76. The second-order valence-corrected chi connectivity index (χ2v) is 8.04. The van der Waals surface area contributed by atoms with E-state index in [0.717, 1.165) is 16.3 Å². The van der Waals surface area contributed by atoms with Crippen molar-refractivity contribution in [2.45, 2.75) is 19.3 Å². The van der Waals surface area contributed by atoms with Gasteiger partial charge in [-0.1, -0.05) is 47.2 Å². The molecular weight excluding hydrogens is 396 g/mol. The van der Waals surface area contributed by atoms with E-state index in [9.17, 15) is 9.59 Å². The van der Waals surface area contributed by atoms with Crippen LogP contribution in [-0.2, 0) is 4.79 Å². The van der Waals surface area contributed by atoms with E-state index in [0.29, 0.717) is 28.7 Å². The molecule has 0 bridgehead atoms. The first-order valence-electron chi connectivity index (χ1n) is 8.77. The van der Waals surface area contributed by atoms with Crippen molar-refractivity contribution in [3.05, 3.63) is 69.7 Å². The maximum absolute atomic E-state index is 12.5. The molecular formula is C20H17ClN4O2S. The van der Waals surface area contributed by atoms with Crippen molar-refractivity contribution in [2.75, 3.05) is 16.8 Å². The standard InChI is InChI=1S/C20H17ClN4O2S/c1-12-5-4-6-14(9-12)25-11-13(10-17(25)26)19-23-24-20(28-19)22-18(27)15-7-2-3-8-16(15)21/h2-9,13H,10-11H2,1H3,(H,22,24,27). The number of amides is 2. The number of halogens is 1. The van der Waals surface area contributed by atoms with Gasteiger partial charge in [0.05, 0.1) is 10.6 Å². The van der Waals surface area contributed by atoms with Gasteiger partial charge < -0.3 is 4.90 Å². The van der Waals surface area contributed by atoms with Crippen LogP contribution in [0.3, 0.4) is 0 Å². The van der Waals surface area contributed by atoms with Crippen molar-refractivity contribution in [1.29, 1.82) is 0 Å². The van der Waals surface area contributed by atoms with Crippen LogP contribution in [-0.4, -0.2) is 28.6 Å². The number of aryl methyl sites for hydroxylation is 1. The number of aromatic nitrogens is 2. The van der Waals surface area contributed by atoms with Gasteiger partial charge in [0, 0.05) is 24.6 Å². The highest BCUT2D eigenvalue weighted by molar-refractivity contribution is 7.15. The Balaban J connectivity index is 1.47. The van der Waals surface area contributed by atoms with Crippen molar-refractivity contribution in [1.82, 2.24) is 10.2 Å². The van der Waals surface area contributed by atoms with E-state index in [2.05, 4.69) is 15.5 Å². The summed E-state index contributed by atoms with van der Waals surface area (Å²) in [6, 6.07) is 14.7. The van der Waals surface area contributed by atoms with Gasteiger partial charge in [0.2, 0.25) is 11.0 Å². The van der Waals surface area contributed by atoms with Gasteiger partial charge in [0.15, 0.2) is 0 Å². The Morgan fingerprint density at radius 2 is 2.04 bits per heavy atom. The third-order valence-corrected chi connectivity index (χ3v) is 5.90. The molecule has 142 valence electrons. The Hall–Kier alpha value is -2.77. The average molecular weight is 413 g/mol. The summed E-state index contributed by atoms with van der Waals surface area (Å²) in [5, 5.41) is 12.5. The SMILES string of the molecule is Cc1cccc(N2CC(c3nnc(NC(=O)c4ccccc4Cl)s3)CC2=O)c1. The van der Waals surface area contributed by atoms with E-state index < -0.39 is 0 Å². The summed E-state index contributed by atoms with van der Waals surface area (Å²) in [4.78, 5) is 26.6. The topological polar surface area (TPSA) is 75.2 Å². The van der Waals surface area contributed by atoms with Gasteiger partial charge in [-0.05, 0) is 36.8 Å². The molecule has 3 aromatic rings. The van der Waals surface area contributed by atoms with E-state index in [-0.39, 0.29) is 17.7 Å². The molecule has 1 aromatic heterocycles. The summed E-state index contributed by atoms with van der Waals surface area (Å²) in [5.74, 6) is -0.318. The summed E-state index contributed by atoms with van der Waals surface area (Å²) in [5.41, 5.74) is 2.38. The van der Waals surface area contributed by atoms with Crippen molar-refractivity contribution < 1.29 is 9.59 Å². The first-order valence-corrected chi connectivity index (χ1v) is 9.97. The zero-order chi connectivity index (χ0) is 19.7. The van der Waals surface area contributed by atoms with E-state index >= 15 is 0 Å². The zero-order valence-electron chi connectivity index (χ0n) is 15.1. The summed E-state index contributed by atoms with van der Waals surface area (Å²) >= 11 is 7.34. The van der Waals surface area contributed by atoms with Crippen molar-refractivity contribution in [2.24, 2.45) is 0 Å². The molecule has 1 saturated heterocycles. The average Bonchev–Trinajstić information content (AvgIpc) is 3.28. The molecule has 4 rings (SSSR count). The summed E-state index contributed by atoms with van der Waals surface area (Å²) in [6.07, 6.45) is 0.376. The Bertz CT molecular complexity index is 1050. The third-order valence-electron chi connectivity index (χ3n) is 4.57. The van der Waals surface area contributed by atoms with Crippen LogP contribution in [0.2, 0.25) is 5.02 Å². The van der Waals surface area contributed by atoms with Crippen LogP contribution >= 0.6 is 22.9 Å². The van der Waals surface area contributed by atoms with Gasteiger partial charge in [-0.15, -0.1) is 10.2 Å². The molecule has 0 aliphatic carbocycles. The lowest BCUT2D eigenvalue weighted by Crippen LogP contribution is -2.24. The van der Waals surface area contributed by atoms with Gasteiger partial charge in [-0.2, -0.15) is 0 Å². The normalized spacial score (nSPS) is 16.4. The minimum atomic E-state index is -0.336. The molecule has 0 radical (unpaired) electrons. The van der Waals surface area contributed by atoms with Crippen molar-refractivity contribution >= 4 is 45.6 Å². The number of anilines is 2. The van der Waals surface area contributed by atoms with Crippen LogP contribution in [0.1, 0.15) is 33.3 Å². The predicted octanol–water partition coefficient (Wildman–Crippen LogP) is 4.27.